The van der Waals surface area contributed by atoms with E-state index in [4.69, 9.17) is 9.26 Å². The van der Waals surface area contributed by atoms with Crippen LogP contribution in [0.4, 0.5) is 0 Å². The molecule has 4 rings (SSSR count). The van der Waals surface area contributed by atoms with E-state index in [-0.39, 0.29) is 0 Å². The minimum absolute atomic E-state index is 0.606. The van der Waals surface area contributed by atoms with Crippen LogP contribution in [0.15, 0.2) is 34.9 Å². The molecule has 0 unspecified atom stereocenters. The second-order valence-corrected chi connectivity index (χ2v) is 6.72. The van der Waals surface area contributed by atoms with E-state index in [0.717, 1.165) is 43.4 Å². The summed E-state index contributed by atoms with van der Waals surface area (Å²) >= 11 is 0. The van der Waals surface area contributed by atoms with Crippen molar-refractivity contribution in [2.45, 2.75) is 51.1 Å². The van der Waals surface area contributed by atoms with Gasteiger partial charge in [-0.25, -0.2) is 0 Å². The maximum absolute atomic E-state index is 5.83. The van der Waals surface area contributed by atoms with Gasteiger partial charge in [0.25, 0.3) is 0 Å². The smallest absolute Gasteiger partial charge is 0.150 e. The quantitative estimate of drug-likeness (QED) is 0.854. The van der Waals surface area contributed by atoms with Crippen LogP contribution < -0.4 is 4.74 Å². The van der Waals surface area contributed by atoms with E-state index in [2.05, 4.69) is 34.3 Å². The standard InChI is InChI=1S/C19H24N2O2/c1-2-6-15(7-3-1)18-12-17(23-20-18)14-21-10-11-22-19-9-5-4-8-16(19)13-21/h4-5,8-9,12,15H,1-3,6-7,10-11,13-14H2. The van der Waals surface area contributed by atoms with Crippen molar-refractivity contribution in [3.63, 3.8) is 0 Å². The summed E-state index contributed by atoms with van der Waals surface area (Å²) in [6.07, 6.45) is 6.54. The molecule has 0 amide bonds. The first-order valence-electron chi connectivity index (χ1n) is 8.77. The highest BCUT2D eigenvalue weighted by Crippen LogP contribution is 2.32. The van der Waals surface area contributed by atoms with E-state index >= 15 is 0 Å². The molecule has 1 aliphatic heterocycles. The summed E-state index contributed by atoms with van der Waals surface area (Å²) in [6, 6.07) is 10.5. The molecule has 0 bridgehead atoms. The minimum atomic E-state index is 0.606. The molecule has 2 heterocycles. The van der Waals surface area contributed by atoms with Crippen molar-refractivity contribution < 1.29 is 9.26 Å². The van der Waals surface area contributed by atoms with Gasteiger partial charge in [0.15, 0.2) is 5.76 Å². The number of rotatable bonds is 3. The average molecular weight is 312 g/mol. The van der Waals surface area contributed by atoms with Crippen LogP contribution in [0.3, 0.4) is 0 Å². The third-order valence-corrected chi connectivity index (χ3v) is 5.01. The molecule has 0 spiro atoms. The number of nitrogens with zero attached hydrogens (tertiary/aromatic N) is 2. The minimum Gasteiger partial charge on any atom is -0.492 e. The van der Waals surface area contributed by atoms with Crippen molar-refractivity contribution in [3.8, 4) is 5.75 Å². The summed E-state index contributed by atoms with van der Waals surface area (Å²) in [5.41, 5.74) is 2.41. The Morgan fingerprint density at radius 2 is 2.00 bits per heavy atom. The summed E-state index contributed by atoms with van der Waals surface area (Å²) < 4.78 is 11.4. The van der Waals surface area contributed by atoms with Crippen molar-refractivity contribution in [3.05, 3.63) is 47.3 Å². The van der Waals surface area contributed by atoms with E-state index in [1.807, 2.05) is 6.07 Å². The molecular formula is C19H24N2O2. The zero-order valence-corrected chi connectivity index (χ0v) is 13.5. The Balaban J connectivity index is 1.43. The molecule has 1 aromatic heterocycles. The SMILES string of the molecule is c1ccc2c(c1)CN(Cc1cc(C3CCCCC3)no1)CCO2. The van der Waals surface area contributed by atoms with E-state index < -0.39 is 0 Å². The van der Waals surface area contributed by atoms with Gasteiger partial charge in [-0.1, -0.05) is 42.6 Å². The fourth-order valence-corrected chi connectivity index (χ4v) is 3.73. The lowest BCUT2D eigenvalue weighted by Crippen LogP contribution is -2.25. The summed E-state index contributed by atoms with van der Waals surface area (Å²) in [6.45, 7) is 3.34. The van der Waals surface area contributed by atoms with Crippen LogP contribution in [0.25, 0.3) is 0 Å². The van der Waals surface area contributed by atoms with Gasteiger partial charge in [0, 0.05) is 30.6 Å². The Morgan fingerprint density at radius 1 is 1.13 bits per heavy atom. The van der Waals surface area contributed by atoms with Crippen molar-refractivity contribution in [1.82, 2.24) is 10.1 Å². The van der Waals surface area contributed by atoms with Gasteiger partial charge < -0.3 is 9.26 Å². The largest absolute Gasteiger partial charge is 0.492 e. The number of ether oxygens (including phenoxy) is 1. The fourth-order valence-electron chi connectivity index (χ4n) is 3.73. The first kappa shape index (κ1) is 14.8. The lowest BCUT2D eigenvalue weighted by molar-refractivity contribution is 0.199. The number of fused-ring (bicyclic) bond motifs is 1. The van der Waals surface area contributed by atoms with Crippen molar-refractivity contribution in [2.24, 2.45) is 0 Å². The van der Waals surface area contributed by atoms with Crippen molar-refractivity contribution in [1.29, 1.82) is 0 Å². The molecule has 1 fully saturated rings. The Bertz CT molecular complexity index is 646. The first-order chi connectivity index (χ1) is 11.4. The Kier molecular flexibility index (Phi) is 4.33. The second-order valence-electron chi connectivity index (χ2n) is 6.72. The average Bonchev–Trinajstić information content (AvgIpc) is 2.96. The number of hydrogen-bond acceptors (Lipinski definition) is 4. The lowest BCUT2D eigenvalue weighted by atomic mass is 9.87. The first-order valence-corrected chi connectivity index (χ1v) is 8.77. The summed E-state index contributed by atoms with van der Waals surface area (Å²) in [5, 5.41) is 4.34. The van der Waals surface area contributed by atoms with Gasteiger partial charge in [-0.2, -0.15) is 0 Å². The zero-order chi connectivity index (χ0) is 15.5. The maximum Gasteiger partial charge on any atom is 0.150 e. The van der Waals surface area contributed by atoms with Crippen LogP contribution in [0.1, 0.15) is 55.0 Å². The molecule has 2 aliphatic rings. The van der Waals surface area contributed by atoms with Crippen molar-refractivity contribution >= 4 is 0 Å². The van der Waals surface area contributed by atoms with Crippen LogP contribution in [-0.4, -0.2) is 23.2 Å². The fraction of sp³-hybridized carbons (Fsp3) is 0.526. The van der Waals surface area contributed by atoms with Gasteiger partial charge >= 0.3 is 0 Å². The van der Waals surface area contributed by atoms with Crippen LogP contribution in [0, 0.1) is 0 Å². The number of para-hydroxylation sites is 1. The molecule has 0 N–H and O–H groups in total. The van der Waals surface area contributed by atoms with Crippen LogP contribution in [-0.2, 0) is 13.1 Å². The second kappa shape index (κ2) is 6.75. The number of hydrogen-bond donors (Lipinski definition) is 0. The Hall–Kier alpha value is -1.81. The van der Waals surface area contributed by atoms with Gasteiger partial charge in [0.2, 0.25) is 0 Å². The van der Waals surface area contributed by atoms with Gasteiger partial charge in [-0.3, -0.25) is 4.90 Å². The van der Waals surface area contributed by atoms with E-state index in [1.54, 1.807) is 0 Å². The molecule has 4 nitrogen and oxygen atoms in total. The molecule has 1 saturated carbocycles. The van der Waals surface area contributed by atoms with Crippen LogP contribution in [0.2, 0.25) is 0 Å². The molecule has 1 aliphatic carbocycles. The molecule has 0 atom stereocenters. The number of benzene rings is 1. The highest BCUT2D eigenvalue weighted by molar-refractivity contribution is 5.33. The highest BCUT2D eigenvalue weighted by Gasteiger charge is 2.21. The highest BCUT2D eigenvalue weighted by atomic mass is 16.5. The van der Waals surface area contributed by atoms with Crippen LogP contribution >= 0.6 is 0 Å². The van der Waals surface area contributed by atoms with E-state index in [0.29, 0.717) is 5.92 Å². The molecule has 1 aromatic carbocycles. The third-order valence-electron chi connectivity index (χ3n) is 5.01. The van der Waals surface area contributed by atoms with E-state index in [9.17, 15) is 0 Å². The third kappa shape index (κ3) is 3.42. The Labute approximate surface area is 137 Å². The molecule has 23 heavy (non-hydrogen) atoms. The molecule has 0 saturated heterocycles. The molecular weight excluding hydrogens is 288 g/mol. The van der Waals surface area contributed by atoms with Gasteiger partial charge in [-0.05, 0) is 18.9 Å². The van der Waals surface area contributed by atoms with Gasteiger partial charge in [0.05, 0.1) is 12.2 Å². The van der Waals surface area contributed by atoms with Crippen LogP contribution in [0.5, 0.6) is 5.75 Å². The summed E-state index contributed by atoms with van der Waals surface area (Å²) in [4.78, 5) is 2.37. The zero-order valence-electron chi connectivity index (χ0n) is 13.5. The lowest BCUT2D eigenvalue weighted by Gasteiger charge is -2.18. The Morgan fingerprint density at radius 3 is 2.91 bits per heavy atom. The summed E-state index contributed by atoms with van der Waals surface area (Å²) in [7, 11) is 0. The van der Waals surface area contributed by atoms with Gasteiger partial charge in [0.1, 0.15) is 12.4 Å². The topological polar surface area (TPSA) is 38.5 Å². The van der Waals surface area contributed by atoms with Gasteiger partial charge in [-0.15, -0.1) is 0 Å². The predicted molar refractivity (Wildman–Crippen MR) is 88.4 cm³/mol. The normalized spacial score (nSPS) is 19.8. The molecule has 0 radical (unpaired) electrons. The van der Waals surface area contributed by atoms with E-state index in [1.165, 1.54) is 37.7 Å². The molecule has 4 heteroatoms. The summed E-state index contributed by atoms with van der Waals surface area (Å²) in [5.74, 6) is 2.59. The monoisotopic (exact) mass is 312 g/mol. The predicted octanol–water partition coefficient (Wildman–Crippen LogP) is 4.12. The maximum atomic E-state index is 5.83. The number of aromatic nitrogens is 1. The van der Waals surface area contributed by atoms with Crippen molar-refractivity contribution in [2.75, 3.05) is 13.2 Å². The molecule has 122 valence electrons. The molecule has 2 aromatic rings.